The van der Waals surface area contributed by atoms with Crippen molar-refractivity contribution in [2.75, 3.05) is 5.01 Å². The fraction of sp³-hybridized carbons (Fsp3) is 0.269. The first-order valence-electron chi connectivity index (χ1n) is 11.8. The summed E-state index contributed by atoms with van der Waals surface area (Å²) in [7, 11) is 0. The second kappa shape index (κ2) is 9.66. The van der Waals surface area contributed by atoms with Crippen LogP contribution in [0.3, 0.4) is 0 Å². The summed E-state index contributed by atoms with van der Waals surface area (Å²) in [6.07, 6.45) is 4.62. The Bertz CT molecular complexity index is 1460. The fourth-order valence-corrected chi connectivity index (χ4v) is 5.93. The van der Waals surface area contributed by atoms with Gasteiger partial charge < -0.3 is 0 Å². The molecule has 0 N–H and O–H groups in total. The number of rotatable bonds is 6. The van der Waals surface area contributed by atoms with Crippen LogP contribution in [0.4, 0.5) is 16.5 Å². The number of aryl methyl sites for hydroxylation is 1. The summed E-state index contributed by atoms with van der Waals surface area (Å²) < 4.78 is 0. The van der Waals surface area contributed by atoms with Crippen molar-refractivity contribution in [1.29, 1.82) is 0 Å². The zero-order valence-corrected chi connectivity index (χ0v) is 21.0. The Morgan fingerprint density at radius 1 is 1.05 bits per heavy atom. The molecule has 5 rings (SSSR count). The molecule has 10 nitrogen and oxygen atoms in total. The minimum Gasteiger partial charge on any atom is -0.294 e. The van der Waals surface area contributed by atoms with E-state index in [2.05, 4.69) is 4.98 Å². The number of non-ortho nitro benzene ring substituents is 2. The van der Waals surface area contributed by atoms with Gasteiger partial charge in [0.25, 0.3) is 11.4 Å². The summed E-state index contributed by atoms with van der Waals surface area (Å²) in [5.41, 5.74) is 4.37. The van der Waals surface area contributed by atoms with Gasteiger partial charge in [-0.3, -0.25) is 25.0 Å². The minimum absolute atomic E-state index is 0.0146. The number of benzene rings is 2. The van der Waals surface area contributed by atoms with Crippen LogP contribution in [-0.2, 0) is 0 Å². The van der Waals surface area contributed by atoms with E-state index in [1.807, 2.05) is 11.1 Å². The van der Waals surface area contributed by atoms with E-state index in [0.717, 1.165) is 41.7 Å². The number of fused-ring (bicyclic) bond motifs is 1. The van der Waals surface area contributed by atoms with Crippen molar-refractivity contribution in [3.63, 3.8) is 0 Å². The number of nitro groups is 2. The molecule has 0 unspecified atom stereocenters. The number of hydrogen-bond donors (Lipinski definition) is 0. The van der Waals surface area contributed by atoms with Crippen LogP contribution in [0.1, 0.15) is 58.7 Å². The average molecular weight is 518 g/mol. The maximum atomic E-state index is 12.1. The van der Waals surface area contributed by atoms with Crippen molar-refractivity contribution in [2.24, 2.45) is 11.0 Å². The van der Waals surface area contributed by atoms with E-state index in [4.69, 9.17) is 5.10 Å². The van der Waals surface area contributed by atoms with Crippen LogP contribution in [0.15, 0.2) is 59.2 Å². The molecule has 1 aliphatic carbocycles. The normalized spacial score (nSPS) is 20.0. The van der Waals surface area contributed by atoms with Gasteiger partial charge in [-0.2, -0.15) is 5.10 Å². The van der Waals surface area contributed by atoms with Gasteiger partial charge in [0.2, 0.25) is 5.13 Å². The minimum atomic E-state index is -0.424. The first-order valence-corrected chi connectivity index (χ1v) is 12.6. The lowest BCUT2D eigenvalue weighted by Crippen LogP contribution is -2.28. The van der Waals surface area contributed by atoms with Crippen molar-refractivity contribution in [1.82, 2.24) is 4.98 Å². The maximum absolute atomic E-state index is 12.1. The standard InChI is InChI=1S/C26H23N5O5S/c1-15-25(16(2)32)37-26(27-15)29-24(18-8-12-21(13-9-18)31(35)36)22-5-3-4-19(23(22)28-29)14-17-6-10-20(11-7-17)30(33)34/h6-14,22,24H,3-5H2,1-2H3/b19-14-/t22-,24+/m1/s1. The number of carbonyl (C=O) groups excluding carboxylic acids is 1. The number of nitrogens with zero attached hydrogens (tertiary/aromatic N) is 5. The predicted octanol–water partition coefficient (Wildman–Crippen LogP) is 6.27. The lowest BCUT2D eigenvalue weighted by molar-refractivity contribution is -0.385. The highest BCUT2D eigenvalue weighted by molar-refractivity contribution is 7.17. The summed E-state index contributed by atoms with van der Waals surface area (Å²) >= 11 is 1.29. The number of ketones is 1. The van der Waals surface area contributed by atoms with Gasteiger partial charge in [-0.15, -0.1) is 0 Å². The highest BCUT2D eigenvalue weighted by Gasteiger charge is 2.43. The summed E-state index contributed by atoms with van der Waals surface area (Å²) in [5, 5.41) is 29.7. The molecule has 0 saturated heterocycles. The summed E-state index contributed by atoms with van der Waals surface area (Å²) in [6.45, 7) is 3.31. The molecule has 11 heteroatoms. The molecule has 2 aliphatic rings. The molecule has 0 amide bonds. The van der Waals surface area contributed by atoms with Gasteiger partial charge in [-0.05, 0) is 61.1 Å². The first-order chi connectivity index (χ1) is 17.7. The molecule has 1 fully saturated rings. The van der Waals surface area contributed by atoms with Crippen molar-refractivity contribution < 1.29 is 14.6 Å². The van der Waals surface area contributed by atoms with Gasteiger partial charge in [-0.25, -0.2) is 9.99 Å². The maximum Gasteiger partial charge on any atom is 0.269 e. The number of allylic oxidation sites excluding steroid dienone is 1. The molecule has 1 aromatic heterocycles. The van der Waals surface area contributed by atoms with Gasteiger partial charge in [0.05, 0.1) is 32.2 Å². The quantitative estimate of drug-likeness (QED) is 0.214. The van der Waals surface area contributed by atoms with Gasteiger partial charge in [0.1, 0.15) is 0 Å². The topological polar surface area (TPSA) is 132 Å². The van der Waals surface area contributed by atoms with E-state index in [0.29, 0.717) is 15.7 Å². The molecule has 188 valence electrons. The summed E-state index contributed by atoms with van der Waals surface area (Å²) in [6, 6.07) is 12.7. The van der Waals surface area contributed by atoms with Crippen molar-refractivity contribution in [3.8, 4) is 0 Å². The molecule has 1 saturated carbocycles. The van der Waals surface area contributed by atoms with E-state index in [9.17, 15) is 25.0 Å². The van der Waals surface area contributed by atoms with E-state index in [1.165, 1.54) is 42.5 Å². The van der Waals surface area contributed by atoms with Gasteiger partial charge in [0, 0.05) is 37.1 Å². The van der Waals surface area contributed by atoms with E-state index in [1.54, 1.807) is 31.2 Å². The largest absolute Gasteiger partial charge is 0.294 e. The number of carbonyl (C=O) groups is 1. The lowest BCUT2D eigenvalue weighted by Gasteiger charge is -2.29. The Labute approximate surface area is 216 Å². The van der Waals surface area contributed by atoms with Crippen LogP contribution < -0.4 is 5.01 Å². The Kier molecular flexibility index (Phi) is 6.38. The van der Waals surface area contributed by atoms with E-state index in [-0.39, 0.29) is 29.1 Å². The molecule has 37 heavy (non-hydrogen) atoms. The molecule has 2 heterocycles. The number of aromatic nitrogens is 1. The SMILES string of the molecule is CC(=O)c1sc(N2N=C3/C(=C\c4ccc([N+](=O)[O-])cc4)CCC[C@H]3[C@@H]2c2ccc([N+](=O)[O-])cc2)nc1C. The number of hydrazone groups is 1. The van der Waals surface area contributed by atoms with E-state index < -0.39 is 9.85 Å². The highest BCUT2D eigenvalue weighted by Crippen LogP contribution is 2.47. The zero-order chi connectivity index (χ0) is 26.3. The van der Waals surface area contributed by atoms with Crippen LogP contribution in [-0.4, -0.2) is 26.3 Å². The Hall–Kier alpha value is -4.25. The zero-order valence-electron chi connectivity index (χ0n) is 20.2. The number of Topliss-reactive ketones (excluding diaryl/α,β-unsaturated/α-hetero) is 1. The van der Waals surface area contributed by atoms with Crippen LogP contribution >= 0.6 is 11.3 Å². The highest BCUT2D eigenvalue weighted by atomic mass is 32.1. The third kappa shape index (κ3) is 4.65. The molecule has 0 spiro atoms. The van der Waals surface area contributed by atoms with Crippen molar-refractivity contribution >= 4 is 45.4 Å². The third-order valence-electron chi connectivity index (χ3n) is 6.69. The summed E-state index contributed by atoms with van der Waals surface area (Å²) in [4.78, 5) is 38.7. The number of nitro benzene ring substituents is 2. The second-order valence-corrected chi connectivity index (χ2v) is 10.1. The van der Waals surface area contributed by atoms with Crippen LogP contribution in [0, 0.1) is 33.1 Å². The molecule has 0 radical (unpaired) electrons. The number of anilines is 1. The molecular weight excluding hydrogens is 494 g/mol. The smallest absolute Gasteiger partial charge is 0.269 e. The van der Waals surface area contributed by atoms with Crippen molar-refractivity contribution in [2.45, 2.75) is 39.2 Å². The molecular formula is C26H23N5O5S. The third-order valence-corrected chi connectivity index (χ3v) is 7.94. The van der Waals surface area contributed by atoms with Gasteiger partial charge in [0.15, 0.2) is 5.78 Å². The molecule has 2 atom stereocenters. The number of hydrogen-bond acceptors (Lipinski definition) is 9. The van der Waals surface area contributed by atoms with Crippen LogP contribution in [0.25, 0.3) is 6.08 Å². The average Bonchev–Trinajstić information content (AvgIpc) is 3.46. The van der Waals surface area contributed by atoms with Crippen LogP contribution in [0.5, 0.6) is 0 Å². The predicted molar refractivity (Wildman–Crippen MR) is 141 cm³/mol. The lowest BCUT2D eigenvalue weighted by atomic mass is 9.77. The van der Waals surface area contributed by atoms with Crippen molar-refractivity contribution in [3.05, 3.63) is 96.0 Å². The van der Waals surface area contributed by atoms with Gasteiger partial charge in [-0.1, -0.05) is 23.5 Å². The molecule has 2 aromatic carbocycles. The number of thiazole rings is 1. The monoisotopic (exact) mass is 517 g/mol. The van der Waals surface area contributed by atoms with E-state index >= 15 is 0 Å². The molecule has 1 aliphatic heterocycles. The Morgan fingerprint density at radius 3 is 2.24 bits per heavy atom. The second-order valence-electron chi connectivity index (χ2n) is 9.11. The Balaban J connectivity index is 1.58. The Morgan fingerprint density at radius 2 is 1.68 bits per heavy atom. The molecule has 0 bridgehead atoms. The molecule has 3 aromatic rings. The van der Waals surface area contributed by atoms with Crippen LogP contribution in [0.2, 0.25) is 0 Å². The summed E-state index contributed by atoms with van der Waals surface area (Å²) in [5.74, 6) is -0.0411. The van der Waals surface area contributed by atoms with Gasteiger partial charge >= 0.3 is 0 Å². The first kappa shape index (κ1) is 24.4. The fourth-order valence-electron chi connectivity index (χ4n) is 4.98.